The van der Waals surface area contributed by atoms with E-state index in [9.17, 15) is 0 Å². The summed E-state index contributed by atoms with van der Waals surface area (Å²) in [5.41, 5.74) is 4.41. The summed E-state index contributed by atoms with van der Waals surface area (Å²) in [6.07, 6.45) is 6.60. The van der Waals surface area contributed by atoms with Crippen LogP contribution in [0.5, 0.6) is 0 Å². The van der Waals surface area contributed by atoms with Crippen molar-refractivity contribution in [3.63, 3.8) is 0 Å². The van der Waals surface area contributed by atoms with Gasteiger partial charge in [0.25, 0.3) is 0 Å². The monoisotopic (exact) mass is 345 g/mol. The smallest absolute Gasteiger partial charge is 0.134 e. The molecular weight excluding hydrogens is 326 g/mol. The van der Waals surface area contributed by atoms with Gasteiger partial charge in [-0.3, -0.25) is 9.88 Å². The van der Waals surface area contributed by atoms with Gasteiger partial charge < -0.3 is 4.42 Å². The van der Waals surface area contributed by atoms with Gasteiger partial charge in [0.1, 0.15) is 11.3 Å². The number of hydrogen-bond acceptors (Lipinski definition) is 5. The van der Waals surface area contributed by atoms with Crippen LogP contribution in [0, 0.1) is 0 Å². The number of benzene rings is 1. The second kappa shape index (κ2) is 6.38. The van der Waals surface area contributed by atoms with Gasteiger partial charge >= 0.3 is 0 Å². The van der Waals surface area contributed by atoms with Gasteiger partial charge in [-0.25, -0.2) is 4.68 Å². The summed E-state index contributed by atoms with van der Waals surface area (Å²) in [6, 6.07) is 12.3. The molecule has 6 nitrogen and oxygen atoms in total. The van der Waals surface area contributed by atoms with Gasteiger partial charge in [-0.1, -0.05) is 29.5 Å². The molecule has 0 fully saturated rings. The first kappa shape index (κ1) is 15.3. The van der Waals surface area contributed by atoms with Crippen molar-refractivity contribution in [1.82, 2.24) is 24.9 Å². The van der Waals surface area contributed by atoms with Crippen LogP contribution in [-0.2, 0) is 26.1 Å². The Kier molecular flexibility index (Phi) is 3.75. The van der Waals surface area contributed by atoms with Crippen molar-refractivity contribution in [1.29, 1.82) is 0 Å². The Morgan fingerprint density at radius 3 is 2.96 bits per heavy atom. The van der Waals surface area contributed by atoms with Crippen LogP contribution in [0.3, 0.4) is 0 Å². The third-order valence-electron chi connectivity index (χ3n) is 4.86. The van der Waals surface area contributed by atoms with Crippen molar-refractivity contribution in [3.8, 4) is 0 Å². The molecule has 0 saturated heterocycles. The van der Waals surface area contributed by atoms with Crippen molar-refractivity contribution >= 4 is 11.0 Å². The molecule has 5 rings (SSSR count). The molecule has 3 aromatic heterocycles. The number of aromatic nitrogens is 4. The van der Waals surface area contributed by atoms with Crippen LogP contribution in [0.1, 0.15) is 22.6 Å². The Labute approximate surface area is 151 Å². The highest BCUT2D eigenvalue weighted by Crippen LogP contribution is 2.30. The predicted molar refractivity (Wildman–Crippen MR) is 97.4 cm³/mol. The Bertz CT molecular complexity index is 1040. The zero-order chi connectivity index (χ0) is 17.3. The van der Waals surface area contributed by atoms with E-state index in [-0.39, 0.29) is 0 Å². The third kappa shape index (κ3) is 2.88. The van der Waals surface area contributed by atoms with Crippen molar-refractivity contribution in [2.45, 2.75) is 26.1 Å². The molecular formula is C20H19N5O. The van der Waals surface area contributed by atoms with Gasteiger partial charge in [0.05, 0.1) is 18.4 Å². The molecule has 1 aliphatic heterocycles. The highest BCUT2D eigenvalue weighted by Gasteiger charge is 2.23. The van der Waals surface area contributed by atoms with Gasteiger partial charge in [-0.15, -0.1) is 5.10 Å². The van der Waals surface area contributed by atoms with E-state index in [4.69, 9.17) is 4.42 Å². The molecule has 1 aromatic carbocycles. The maximum absolute atomic E-state index is 5.99. The summed E-state index contributed by atoms with van der Waals surface area (Å²) < 4.78 is 7.86. The molecule has 6 heteroatoms. The molecule has 0 radical (unpaired) electrons. The average molecular weight is 345 g/mol. The Balaban J connectivity index is 1.30. The van der Waals surface area contributed by atoms with E-state index in [0.717, 1.165) is 48.7 Å². The summed E-state index contributed by atoms with van der Waals surface area (Å²) in [5, 5.41) is 9.82. The van der Waals surface area contributed by atoms with Gasteiger partial charge in [0.2, 0.25) is 0 Å². The molecule has 130 valence electrons. The van der Waals surface area contributed by atoms with Gasteiger partial charge in [-0.05, 0) is 17.7 Å². The molecule has 4 aromatic rings. The number of nitrogens with zero attached hydrogens (tertiary/aromatic N) is 5. The fraction of sp³-hybridized carbons (Fsp3) is 0.250. The second-order valence-corrected chi connectivity index (χ2v) is 6.73. The van der Waals surface area contributed by atoms with Crippen molar-refractivity contribution < 1.29 is 4.42 Å². The van der Waals surface area contributed by atoms with E-state index in [1.807, 2.05) is 41.3 Å². The summed E-state index contributed by atoms with van der Waals surface area (Å²) in [5.74, 6) is 1.13. The molecule has 0 atom stereocenters. The summed E-state index contributed by atoms with van der Waals surface area (Å²) in [6.45, 7) is 3.35. The third-order valence-corrected chi connectivity index (χ3v) is 4.86. The SMILES string of the molecule is c1cncc(Cn2cc(CN3CCc4oc5ccccc5c4C3)nn2)c1. The summed E-state index contributed by atoms with van der Waals surface area (Å²) in [4.78, 5) is 6.55. The Morgan fingerprint density at radius 2 is 2.04 bits per heavy atom. The molecule has 0 spiro atoms. The first-order chi connectivity index (χ1) is 12.8. The van der Waals surface area contributed by atoms with Crippen molar-refractivity contribution in [3.05, 3.63) is 77.6 Å². The normalized spacial score (nSPS) is 14.6. The lowest BCUT2D eigenvalue weighted by atomic mass is 10.0. The molecule has 0 aliphatic carbocycles. The first-order valence-corrected chi connectivity index (χ1v) is 8.85. The summed E-state index contributed by atoms with van der Waals surface area (Å²) >= 11 is 0. The van der Waals surface area contributed by atoms with E-state index in [2.05, 4.69) is 32.3 Å². The quantitative estimate of drug-likeness (QED) is 0.569. The number of hydrogen-bond donors (Lipinski definition) is 0. The first-order valence-electron chi connectivity index (χ1n) is 8.85. The number of rotatable bonds is 4. The molecule has 0 N–H and O–H groups in total. The van der Waals surface area contributed by atoms with Crippen LogP contribution < -0.4 is 0 Å². The van der Waals surface area contributed by atoms with E-state index in [1.54, 1.807) is 6.20 Å². The molecule has 26 heavy (non-hydrogen) atoms. The molecule has 0 unspecified atom stereocenters. The van der Waals surface area contributed by atoms with Gasteiger partial charge in [0.15, 0.2) is 0 Å². The fourth-order valence-electron chi connectivity index (χ4n) is 3.62. The van der Waals surface area contributed by atoms with Crippen LogP contribution in [0.15, 0.2) is 59.4 Å². The van der Waals surface area contributed by atoms with E-state index < -0.39 is 0 Å². The van der Waals surface area contributed by atoms with Crippen LogP contribution in [0.2, 0.25) is 0 Å². The minimum atomic E-state index is 0.692. The van der Waals surface area contributed by atoms with Crippen LogP contribution in [0.25, 0.3) is 11.0 Å². The van der Waals surface area contributed by atoms with E-state index in [1.165, 1.54) is 10.9 Å². The minimum Gasteiger partial charge on any atom is -0.461 e. The van der Waals surface area contributed by atoms with E-state index in [0.29, 0.717) is 6.54 Å². The molecule has 1 aliphatic rings. The average Bonchev–Trinajstić information content (AvgIpc) is 3.26. The Hall–Kier alpha value is -2.99. The summed E-state index contributed by atoms with van der Waals surface area (Å²) in [7, 11) is 0. The van der Waals surface area contributed by atoms with Gasteiger partial charge in [0, 0.05) is 49.4 Å². The zero-order valence-corrected chi connectivity index (χ0v) is 14.4. The Morgan fingerprint density at radius 1 is 1.08 bits per heavy atom. The highest BCUT2D eigenvalue weighted by atomic mass is 16.3. The number of furan rings is 1. The highest BCUT2D eigenvalue weighted by molar-refractivity contribution is 5.82. The van der Waals surface area contributed by atoms with Crippen LogP contribution in [-0.4, -0.2) is 31.4 Å². The minimum absolute atomic E-state index is 0.692. The molecule has 0 amide bonds. The molecule has 0 saturated carbocycles. The molecule has 0 bridgehead atoms. The molecule has 4 heterocycles. The lowest BCUT2D eigenvalue weighted by Gasteiger charge is -2.25. The predicted octanol–water partition coefficient (Wildman–Crippen LogP) is 3.03. The maximum Gasteiger partial charge on any atom is 0.134 e. The zero-order valence-electron chi connectivity index (χ0n) is 14.4. The fourth-order valence-corrected chi connectivity index (χ4v) is 3.62. The van der Waals surface area contributed by atoms with Crippen LogP contribution >= 0.6 is 0 Å². The second-order valence-electron chi connectivity index (χ2n) is 6.73. The number of fused-ring (bicyclic) bond motifs is 3. The lowest BCUT2D eigenvalue weighted by Crippen LogP contribution is -2.29. The standard InChI is InChI=1S/C20H19N5O/c1-2-6-19-17(5-1)18-14-24(9-7-20(18)26-19)12-16-13-25(23-22-16)11-15-4-3-8-21-10-15/h1-6,8,10,13H,7,9,11-12,14H2. The van der Waals surface area contributed by atoms with Crippen molar-refractivity contribution in [2.24, 2.45) is 0 Å². The van der Waals surface area contributed by atoms with Gasteiger partial charge in [-0.2, -0.15) is 0 Å². The van der Waals surface area contributed by atoms with Crippen LogP contribution in [0.4, 0.5) is 0 Å². The van der Waals surface area contributed by atoms with E-state index >= 15 is 0 Å². The topological polar surface area (TPSA) is 60.0 Å². The largest absolute Gasteiger partial charge is 0.461 e. The number of para-hydroxylation sites is 1. The lowest BCUT2D eigenvalue weighted by molar-refractivity contribution is 0.233. The maximum atomic E-state index is 5.99. The number of pyridine rings is 1. The van der Waals surface area contributed by atoms with Crippen molar-refractivity contribution in [2.75, 3.05) is 6.54 Å².